The Kier molecular flexibility index (Phi) is 5.76. The van der Waals surface area contributed by atoms with E-state index in [4.69, 9.17) is 0 Å². The van der Waals surface area contributed by atoms with Gasteiger partial charge in [0.2, 0.25) is 0 Å². The lowest BCUT2D eigenvalue weighted by Crippen LogP contribution is -1.96. The van der Waals surface area contributed by atoms with Gasteiger partial charge < -0.3 is 0 Å². The zero-order valence-electron chi connectivity index (χ0n) is 13.7. The molecule has 4 atom stereocenters. The molecule has 0 N–H and O–H groups in total. The fourth-order valence-electron chi connectivity index (χ4n) is 3.44. The van der Waals surface area contributed by atoms with Gasteiger partial charge in [0.15, 0.2) is 0 Å². The van der Waals surface area contributed by atoms with Gasteiger partial charge in [-0.15, -0.1) is 8.93 Å². The first-order chi connectivity index (χ1) is 12.4. The van der Waals surface area contributed by atoms with Gasteiger partial charge in [-0.2, -0.15) is 0 Å². The highest BCUT2D eigenvalue weighted by Gasteiger charge is 2.18. The van der Waals surface area contributed by atoms with Crippen LogP contribution in [0.3, 0.4) is 0 Å². The Bertz CT molecular complexity index is 923. The molecule has 0 saturated carbocycles. The Morgan fingerprint density at radius 2 is 1.08 bits per heavy atom. The van der Waals surface area contributed by atoms with Crippen molar-refractivity contribution in [3.8, 4) is 0 Å². The summed E-state index contributed by atoms with van der Waals surface area (Å²) in [5, 5.41) is 5.47. The maximum absolute atomic E-state index is 2.92. The minimum Gasteiger partial charge on any atom is -0.110 e. The fraction of sp³-hybridized carbons (Fsp3) is 0.0476. The first-order valence-corrected chi connectivity index (χ1v) is 15.2. The molecular formula is C21H20P4. The SMILES string of the molecule is PPPPC(c1cccc2ccccc12)c1cccc2ccccc12. The second-order valence-corrected chi connectivity index (χ2v) is 14.7. The second-order valence-electron chi connectivity index (χ2n) is 5.98. The summed E-state index contributed by atoms with van der Waals surface area (Å²) < 4.78 is 0. The summed E-state index contributed by atoms with van der Waals surface area (Å²) in [5.41, 5.74) is 3.43. The Balaban J connectivity index is 1.94. The number of benzene rings is 4. The average Bonchev–Trinajstić information content (AvgIpc) is 2.68. The third-order valence-electron chi connectivity index (χ3n) is 4.56. The minimum atomic E-state index is 0.476. The maximum atomic E-state index is 2.92. The molecule has 0 aromatic heterocycles. The molecule has 4 heteroatoms. The van der Waals surface area contributed by atoms with Crippen LogP contribution in [-0.4, -0.2) is 0 Å². The van der Waals surface area contributed by atoms with Crippen molar-refractivity contribution in [3.05, 3.63) is 96.1 Å². The molecule has 0 amide bonds. The van der Waals surface area contributed by atoms with Crippen LogP contribution in [0.5, 0.6) is 0 Å². The molecule has 0 fully saturated rings. The molecule has 4 unspecified atom stereocenters. The van der Waals surface area contributed by atoms with E-state index in [0.717, 1.165) is 24.2 Å². The third kappa shape index (κ3) is 3.65. The monoisotopic (exact) mass is 396 g/mol. The minimum absolute atomic E-state index is 0.476. The summed E-state index contributed by atoms with van der Waals surface area (Å²) in [4.78, 5) is 0. The molecule has 0 heterocycles. The Labute approximate surface area is 156 Å². The van der Waals surface area contributed by atoms with Crippen LogP contribution < -0.4 is 0 Å². The Morgan fingerprint density at radius 3 is 1.60 bits per heavy atom. The van der Waals surface area contributed by atoms with E-state index in [1.165, 1.54) is 32.7 Å². The van der Waals surface area contributed by atoms with E-state index in [9.17, 15) is 0 Å². The molecule has 0 aliphatic rings. The van der Waals surface area contributed by atoms with Crippen molar-refractivity contribution in [3.63, 3.8) is 0 Å². The molecule has 0 saturated heterocycles. The molecule has 4 aromatic rings. The zero-order chi connectivity index (χ0) is 17.1. The van der Waals surface area contributed by atoms with Gasteiger partial charge in [-0.05, 0) is 32.7 Å². The van der Waals surface area contributed by atoms with E-state index in [1.807, 2.05) is 0 Å². The molecule has 124 valence electrons. The predicted octanol–water partition coefficient (Wildman–Crippen LogP) is 7.74. The van der Waals surface area contributed by atoms with E-state index >= 15 is 0 Å². The molecule has 0 aliphatic heterocycles. The van der Waals surface area contributed by atoms with Gasteiger partial charge in [0.1, 0.15) is 0 Å². The smallest absolute Gasteiger partial charge is 0.0316 e. The summed E-state index contributed by atoms with van der Waals surface area (Å²) in [5.74, 6) is 0. The highest BCUT2D eigenvalue weighted by Crippen LogP contribution is 2.64. The van der Waals surface area contributed by atoms with Gasteiger partial charge in [-0.3, -0.25) is 0 Å². The van der Waals surface area contributed by atoms with Crippen LogP contribution in [0, 0.1) is 0 Å². The molecule has 0 radical (unpaired) electrons. The van der Waals surface area contributed by atoms with Gasteiger partial charge in [0, 0.05) is 5.66 Å². The highest BCUT2D eigenvalue weighted by atomic mass is 32.6. The van der Waals surface area contributed by atoms with Crippen LogP contribution in [0.25, 0.3) is 21.5 Å². The van der Waals surface area contributed by atoms with Crippen LogP contribution in [0.1, 0.15) is 16.8 Å². The van der Waals surface area contributed by atoms with Crippen molar-refractivity contribution < 1.29 is 0 Å². The van der Waals surface area contributed by atoms with Crippen molar-refractivity contribution in [1.82, 2.24) is 0 Å². The summed E-state index contributed by atoms with van der Waals surface area (Å²) in [6, 6.07) is 31.1. The first kappa shape index (κ1) is 17.5. The summed E-state index contributed by atoms with van der Waals surface area (Å²) in [7, 11) is 5.81. The zero-order valence-corrected chi connectivity index (χ0v) is 17.9. The van der Waals surface area contributed by atoms with Gasteiger partial charge >= 0.3 is 0 Å². The predicted molar refractivity (Wildman–Crippen MR) is 124 cm³/mol. The largest absolute Gasteiger partial charge is 0.110 e. The molecule has 4 aromatic carbocycles. The molecule has 0 nitrogen and oxygen atoms in total. The number of hydrogen-bond donors (Lipinski definition) is 0. The summed E-state index contributed by atoms with van der Waals surface area (Å²) in [6.07, 6.45) is 0. The number of hydrogen-bond acceptors (Lipinski definition) is 0. The second kappa shape index (κ2) is 8.21. The van der Waals surface area contributed by atoms with Gasteiger partial charge in [-0.1, -0.05) is 109 Å². The van der Waals surface area contributed by atoms with Crippen LogP contribution in [0.4, 0.5) is 0 Å². The number of fused-ring (bicyclic) bond motifs is 2. The molecule has 0 aliphatic carbocycles. The third-order valence-corrected chi connectivity index (χ3v) is 14.0. The molecular weight excluding hydrogens is 376 g/mol. The van der Waals surface area contributed by atoms with Crippen molar-refractivity contribution >= 4 is 54.7 Å². The highest BCUT2D eigenvalue weighted by molar-refractivity contribution is 8.57. The summed E-state index contributed by atoms with van der Waals surface area (Å²) >= 11 is 0. The van der Waals surface area contributed by atoms with Crippen LogP contribution in [0.15, 0.2) is 84.9 Å². The maximum Gasteiger partial charge on any atom is 0.0316 e. The van der Waals surface area contributed by atoms with Crippen molar-refractivity contribution in [2.75, 3.05) is 0 Å². The lowest BCUT2D eigenvalue weighted by atomic mass is 9.94. The normalized spacial score (nSPS) is 12.9. The molecule has 0 spiro atoms. The van der Waals surface area contributed by atoms with Crippen LogP contribution >= 0.6 is 33.1 Å². The van der Waals surface area contributed by atoms with Crippen molar-refractivity contribution in [2.45, 2.75) is 5.66 Å². The lowest BCUT2D eigenvalue weighted by Gasteiger charge is -2.21. The van der Waals surface area contributed by atoms with E-state index < -0.39 is 0 Å². The first-order valence-electron chi connectivity index (χ1n) is 8.30. The topological polar surface area (TPSA) is 0 Å². The quantitative estimate of drug-likeness (QED) is 0.303. The summed E-state index contributed by atoms with van der Waals surface area (Å²) in [6.45, 7) is 0. The van der Waals surface area contributed by atoms with E-state index in [0.29, 0.717) is 5.66 Å². The van der Waals surface area contributed by atoms with Gasteiger partial charge in [0.25, 0.3) is 0 Å². The van der Waals surface area contributed by atoms with Gasteiger partial charge in [-0.25, -0.2) is 0 Å². The fourth-order valence-corrected chi connectivity index (χ4v) is 10.4. The van der Waals surface area contributed by atoms with E-state index in [1.54, 1.807) is 0 Å². The van der Waals surface area contributed by atoms with Crippen LogP contribution in [0.2, 0.25) is 0 Å². The van der Waals surface area contributed by atoms with Crippen molar-refractivity contribution in [1.29, 1.82) is 0 Å². The average molecular weight is 396 g/mol. The molecule has 4 rings (SSSR count). The standard InChI is InChI=1S/C21H20P4/c22-24-25-23-21(19-13-5-9-15-7-1-3-11-17(15)19)20-14-6-10-16-8-2-4-12-18(16)20/h1-14,21,23-25H,22H2. The Hall–Kier alpha value is -0.880. The van der Waals surface area contributed by atoms with Crippen molar-refractivity contribution in [2.24, 2.45) is 0 Å². The Morgan fingerprint density at radius 1 is 0.600 bits per heavy atom. The van der Waals surface area contributed by atoms with E-state index in [-0.39, 0.29) is 0 Å². The molecule has 0 bridgehead atoms. The van der Waals surface area contributed by atoms with Gasteiger partial charge in [0.05, 0.1) is 0 Å². The van der Waals surface area contributed by atoms with E-state index in [2.05, 4.69) is 93.9 Å². The van der Waals surface area contributed by atoms with Crippen LogP contribution in [-0.2, 0) is 0 Å². The lowest BCUT2D eigenvalue weighted by molar-refractivity contribution is 1.20. The molecule has 25 heavy (non-hydrogen) atoms. The number of rotatable bonds is 5.